The molecular weight excluding hydrogens is 578 g/mol. The van der Waals surface area contributed by atoms with Crippen LogP contribution in [0.1, 0.15) is 194 Å². The van der Waals surface area contributed by atoms with Gasteiger partial charge in [0, 0.05) is 13.2 Å². The van der Waals surface area contributed by atoms with E-state index in [1.54, 1.807) is 0 Å². The number of likely N-dealkylation sites (N-methyl/N-ethyl adjacent to an activating group) is 1. The van der Waals surface area contributed by atoms with Gasteiger partial charge in [0.25, 0.3) is 0 Å². The van der Waals surface area contributed by atoms with Crippen molar-refractivity contribution in [2.24, 2.45) is 0 Å². The molecule has 1 saturated heterocycles. The summed E-state index contributed by atoms with van der Waals surface area (Å²) in [5.74, 6) is 0. The fourth-order valence-corrected chi connectivity index (χ4v) is 6.77. The molecule has 0 N–H and O–H groups in total. The second-order valence-corrected chi connectivity index (χ2v) is 14.6. The normalized spacial score (nSPS) is 15.3. The zero-order valence-corrected chi connectivity index (χ0v) is 31.8. The predicted octanol–water partition coefficient (Wildman–Crippen LogP) is 8.83. The molecule has 1 aliphatic rings. The Balaban J connectivity index is 0.0000194. The van der Waals surface area contributed by atoms with Crippen LogP contribution < -0.4 is 12.4 Å². The number of hydrogen-bond acceptors (Lipinski definition) is 3. The van der Waals surface area contributed by atoms with Crippen molar-refractivity contribution in [2.45, 2.75) is 200 Å². The van der Waals surface area contributed by atoms with Crippen LogP contribution in [0.2, 0.25) is 0 Å². The van der Waals surface area contributed by atoms with Crippen LogP contribution in [0, 0.1) is 0 Å². The highest BCUT2D eigenvalue weighted by Crippen LogP contribution is 2.16. The van der Waals surface area contributed by atoms with E-state index in [1.807, 2.05) is 0 Å². The zero-order chi connectivity index (χ0) is 31.7. The lowest BCUT2D eigenvalue weighted by molar-refractivity contribution is -0.919. The van der Waals surface area contributed by atoms with E-state index in [2.05, 4.69) is 20.9 Å². The molecule has 0 bridgehead atoms. The van der Waals surface area contributed by atoms with Gasteiger partial charge in [0.1, 0.15) is 25.7 Å². The summed E-state index contributed by atoms with van der Waals surface area (Å²) >= 11 is 0. The highest BCUT2D eigenvalue weighted by molar-refractivity contribution is 4.60. The van der Waals surface area contributed by atoms with Gasteiger partial charge in [-0.25, -0.2) is 0 Å². The minimum Gasteiger partial charge on any atom is -1.00 e. The van der Waals surface area contributed by atoms with Crippen molar-refractivity contribution in [1.29, 1.82) is 0 Å². The quantitative estimate of drug-likeness (QED) is 0.0503. The van der Waals surface area contributed by atoms with E-state index in [0.29, 0.717) is 0 Å². The van der Waals surface area contributed by atoms with Gasteiger partial charge in [-0.1, -0.05) is 181 Å². The van der Waals surface area contributed by atoms with Gasteiger partial charge in [-0.3, -0.25) is 0 Å². The average Bonchev–Trinajstić information content (AvgIpc) is 3.02. The number of rotatable bonds is 35. The van der Waals surface area contributed by atoms with Gasteiger partial charge in [0.05, 0.1) is 26.9 Å². The lowest BCUT2D eigenvalue weighted by atomic mass is 10.0. The molecule has 0 spiro atoms. The number of halogens is 1. The van der Waals surface area contributed by atoms with E-state index >= 15 is 0 Å². The van der Waals surface area contributed by atoms with E-state index < -0.39 is 0 Å². The molecule has 0 aliphatic carbocycles. The Morgan fingerprint density at radius 3 is 1.20 bits per heavy atom. The Morgan fingerprint density at radius 2 is 0.822 bits per heavy atom. The smallest absolute Gasteiger partial charge is 0.130 e. The maximum atomic E-state index is 6.46. The molecule has 0 saturated carbocycles. The first-order valence-corrected chi connectivity index (χ1v) is 20.3. The number of unbranched alkanes of at least 4 members (excludes halogenated alkanes) is 26. The first-order valence-electron chi connectivity index (χ1n) is 20.3. The van der Waals surface area contributed by atoms with E-state index in [4.69, 9.17) is 14.2 Å². The fraction of sp³-hybridized carbons (Fsp3) is 1.00. The number of morpholine rings is 1. The lowest BCUT2D eigenvalue weighted by Crippen LogP contribution is -3.00. The van der Waals surface area contributed by atoms with Gasteiger partial charge >= 0.3 is 0 Å². The Hall–Kier alpha value is 0.130. The largest absolute Gasteiger partial charge is 1.00 e. The van der Waals surface area contributed by atoms with Crippen LogP contribution >= 0.6 is 0 Å². The summed E-state index contributed by atoms with van der Waals surface area (Å²) in [5, 5.41) is 0. The Bertz CT molecular complexity index is 558. The highest BCUT2D eigenvalue weighted by atomic mass is 35.5. The highest BCUT2D eigenvalue weighted by Gasteiger charge is 2.29. The third-order valence-electron chi connectivity index (χ3n) is 9.99. The van der Waals surface area contributed by atoms with Gasteiger partial charge < -0.3 is 31.1 Å². The van der Waals surface area contributed by atoms with Crippen LogP contribution in [0.5, 0.6) is 0 Å². The summed E-state index contributed by atoms with van der Waals surface area (Å²) in [6.07, 6.45) is 39.5. The van der Waals surface area contributed by atoms with Crippen LogP contribution in [0.25, 0.3) is 0 Å². The minimum absolute atomic E-state index is 0. The molecular formula is C40H82ClNO3. The maximum absolute atomic E-state index is 6.46. The molecule has 0 aromatic carbocycles. The SMILES string of the molecule is CCCCCCCCCCCCCCCCOCC(C[N+]1(C)CCOCC1)OCCCCCCCCCCCCCCCC.[Cl-]. The summed E-state index contributed by atoms with van der Waals surface area (Å²) in [7, 11) is 2.37. The van der Waals surface area contributed by atoms with Crippen molar-refractivity contribution in [3.8, 4) is 0 Å². The molecule has 0 aromatic rings. The van der Waals surface area contributed by atoms with Crippen LogP contribution in [0.15, 0.2) is 0 Å². The molecule has 0 radical (unpaired) electrons. The average molecular weight is 661 g/mol. The van der Waals surface area contributed by atoms with Crippen molar-refractivity contribution in [2.75, 3.05) is 59.7 Å². The Morgan fingerprint density at radius 1 is 0.489 bits per heavy atom. The summed E-state index contributed by atoms with van der Waals surface area (Å²) in [5.41, 5.74) is 0. The number of nitrogens with zero attached hydrogens (tertiary/aromatic N) is 1. The molecule has 1 aliphatic heterocycles. The van der Waals surface area contributed by atoms with Crippen molar-refractivity contribution >= 4 is 0 Å². The molecule has 272 valence electrons. The third-order valence-corrected chi connectivity index (χ3v) is 9.99. The number of quaternary nitrogens is 1. The molecule has 1 heterocycles. The zero-order valence-electron chi connectivity index (χ0n) is 31.1. The second kappa shape index (κ2) is 35.4. The molecule has 1 fully saturated rings. The lowest BCUT2D eigenvalue weighted by Gasteiger charge is -2.39. The molecule has 4 nitrogen and oxygen atoms in total. The van der Waals surface area contributed by atoms with Crippen molar-refractivity contribution < 1.29 is 31.1 Å². The number of ether oxygens (including phenoxy) is 3. The van der Waals surface area contributed by atoms with Crippen LogP contribution in [-0.4, -0.2) is 70.3 Å². The van der Waals surface area contributed by atoms with Gasteiger partial charge in [-0.15, -0.1) is 0 Å². The molecule has 1 atom stereocenters. The Labute approximate surface area is 289 Å². The topological polar surface area (TPSA) is 27.7 Å². The Kier molecular flexibility index (Phi) is 35.5. The molecule has 1 rings (SSSR count). The molecule has 5 heteroatoms. The monoisotopic (exact) mass is 660 g/mol. The first kappa shape index (κ1) is 45.1. The van der Waals surface area contributed by atoms with Crippen LogP contribution in [0.3, 0.4) is 0 Å². The van der Waals surface area contributed by atoms with Crippen LogP contribution in [0.4, 0.5) is 0 Å². The molecule has 0 aromatic heterocycles. The van der Waals surface area contributed by atoms with E-state index in [-0.39, 0.29) is 18.5 Å². The molecule has 45 heavy (non-hydrogen) atoms. The van der Waals surface area contributed by atoms with Gasteiger partial charge in [0.2, 0.25) is 0 Å². The summed E-state index contributed by atoms with van der Waals surface area (Å²) in [6, 6.07) is 0. The first-order chi connectivity index (χ1) is 21.7. The van der Waals surface area contributed by atoms with E-state index in [9.17, 15) is 0 Å². The maximum Gasteiger partial charge on any atom is 0.130 e. The molecule has 1 unspecified atom stereocenters. The standard InChI is InChI=1S/C40H82NO3.ClH/c1-4-6-8-10-12-14-16-18-20-22-24-26-28-30-34-43-39-40(38-41(3)32-36-42-37-33-41)44-35-31-29-27-25-23-21-19-17-15-13-11-9-7-5-2;/h40H,4-39H2,1-3H3;1H/q+1;/p-1. The number of hydrogen-bond donors (Lipinski definition) is 0. The van der Waals surface area contributed by atoms with Crippen LogP contribution in [-0.2, 0) is 14.2 Å². The second-order valence-electron chi connectivity index (χ2n) is 14.6. The molecule has 0 amide bonds. The van der Waals surface area contributed by atoms with Crippen molar-refractivity contribution in [3.63, 3.8) is 0 Å². The predicted molar refractivity (Wildman–Crippen MR) is 193 cm³/mol. The van der Waals surface area contributed by atoms with E-state index in [0.717, 1.165) is 57.2 Å². The summed E-state index contributed by atoms with van der Waals surface area (Å²) in [4.78, 5) is 0. The van der Waals surface area contributed by atoms with E-state index in [1.165, 1.54) is 180 Å². The fourth-order valence-electron chi connectivity index (χ4n) is 6.77. The minimum atomic E-state index is 0. The van der Waals surface area contributed by atoms with Crippen molar-refractivity contribution in [1.82, 2.24) is 0 Å². The van der Waals surface area contributed by atoms with Gasteiger partial charge in [0.15, 0.2) is 0 Å². The van der Waals surface area contributed by atoms with Crippen molar-refractivity contribution in [3.05, 3.63) is 0 Å². The third kappa shape index (κ3) is 31.2. The van der Waals surface area contributed by atoms with Gasteiger partial charge in [-0.05, 0) is 12.8 Å². The summed E-state index contributed by atoms with van der Waals surface area (Å²) in [6.45, 7) is 12.1. The summed E-state index contributed by atoms with van der Waals surface area (Å²) < 4.78 is 19.4. The van der Waals surface area contributed by atoms with Gasteiger partial charge in [-0.2, -0.15) is 0 Å².